The Morgan fingerprint density at radius 1 is 0.941 bits per heavy atom. The van der Waals surface area contributed by atoms with Crippen LogP contribution in [0.5, 0.6) is 0 Å². The molecule has 2 nitrogen and oxygen atoms in total. The Morgan fingerprint density at radius 2 is 1.47 bits per heavy atom. The first-order chi connectivity index (χ1) is 8.24. The lowest BCUT2D eigenvalue weighted by molar-refractivity contribution is -0.145. The predicted molar refractivity (Wildman–Crippen MR) is 73.0 cm³/mol. The first-order valence-electron chi connectivity index (χ1n) is 7.40. The minimum Gasteiger partial charge on any atom is -0.466 e. The second-order valence-corrected chi connectivity index (χ2v) is 4.93. The van der Waals surface area contributed by atoms with Crippen LogP contribution in [0, 0.1) is 5.92 Å². The third-order valence-corrected chi connectivity index (χ3v) is 3.15. The summed E-state index contributed by atoms with van der Waals surface area (Å²) >= 11 is 0. The van der Waals surface area contributed by atoms with Crippen LogP contribution in [0.25, 0.3) is 0 Å². The molecule has 0 saturated carbocycles. The summed E-state index contributed by atoms with van der Waals surface area (Å²) in [6.07, 6.45) is 9.96. The molecule has 0 aromatic heterocycles. The number of ether oxygens (including phenoxy) is 1. The van der Waals surface area contributed by atoms with E-state index in [-0.39, 0.29) is 5.97 Å². The van der Waals surface area contributed by atoms with Gasteiger partial charge in [-0.25, -0.2) is 0 Å². The standard InChI is InChI=1S/C15H30O2/c1-4-7-10-14(11-8-5-2)13-15(16)17-12-9-6-3/h14H,4-13H2,1-3H3. The highest BCUT2D eigenvalue weighted by Crippen LogP contribution is 2.20. The lowest BCUT2D eigenvalue weighted by atomic mass is 9.93. The number of hydrogen-bond donors (Lipinski definition) is 0. The van der Waals surface area contributed by atoms with Gasteiger partial charge in [0.15, 0.2) is 0 Å². The van der Waals surface area contributed by atoms with Crippen LogP contribution in [0.15, 0.2) is 0 Å². The van der Waals surface area contributed by atoms with E-state index in [4.69, 9.17) is 4.74 Å². The van der Waals surface area contributed by atoms with Crippen LogP contribution in [0.3, 0.4) is 0 Å². The molecule has 0 aromatic carbocycles. The molecular formula is C15H30O2. The van der Waals surface area contributed by atoms with Gasteiger partial charge in [-0.1, -0.05) is 52.9 Å². The molecule has 0 rings (SSSR count). The maximum Gasteiger partial charge on any atom is 0.306 e. The van der Waals surface area contributed by atoms with E-state index >= 15 is 0 Å². The van der Waals surface area contributed by atoms with Crippen LogP contribution in [0.1, 0.15) is 78.6 Å². The van der Waals surface area contributed by atoms with Crippen molar-refractivity contribution in [2.75, 3.05) is 6.61 Å². The van der Waals surface area contributed by atoms with Gasteiger partial charge in [0.1, 0.15) is 0 Å². The minimum absolute atomic E-state index is 0.00987. The van der Waals surface area contributed by atoms with E-state index in [1.807, 2.05) is 0 Å². The van der Waals surface area contributed by atoms with E-state index in [0.29, 0.717) is 18.9 Å². The molecule has 102 valence electrons. The monoisotopic (exact) mass is 242 g/mol. The number of carbonyl (C=O) groups excluding carboxylic acids is 1. The molecule has 0 aliphatic carbocycles. The summed E-state index contributed by atoms with van der Waals surface area (Å²) in [5.74, 6) is 0.555. The van der Waals surface area contributed by atoms with E-state index in [0.717, 1.165) is 12.8 Å². The summed E-state index contributed by atoms with van der Waals surface area (Å²) in [6.45, 7) is 7.12. The molecule has 2 heteroatoms. The molecule has 0 spiro atoms. The molecule has 0 atom stereocenters. The summed E-state index contributed by atoms with van der Waals surface area (Å²) in [6, 6.07) is 0. The fourth-order valence-corrected chi connectivity index (χ4v) is 1.96. The zero-order valence-corrected chi connectivity index (χ0v) is 12.0. The fraction of sp³-hybridized carbons (Fsp3) is 0.933. The Balaban J connectivity index is 3.81. The molecule has 0 N–H and O–H groups in total. The van der Waals surface area contributed by atoms with E-state index in [1.54, 1.807) is 0 Å². The van der Waals surface area contributed by atoms with Crippen LogP contribution in [0.2, 0.25) is 0 Å². The average molecular weight is 242 g/mol. The Labute approximate surface area is 107 Å². The van der Waals surface area contributed by atoms with Crippen molar-refractivity contribution in [2.24, 2.45) is 5.92 Å². The second-order valence-electron chi connectivity index (χ2n) is 4.93. The lowest BCUT2D eigenvalue weighted by Crippen LogP contribution is -2.12. The fourth-order valence-electron chi connectivity index (χ4n) is 1.96. The summed E-state index contributed by atoms with van der Waals surface area (Å²) < 4.78 is 5.23. The van der Waals surface area contributed by atoms with Gasteiger partial charge >= 0.3 is 5.97 Å². The van der Waals surface area contributed by atoms with Crippen LogP contribution in [-0.2, 0) is 9.53 Å². The minimum atomic E-state index is 0.00987. The smallest absolute Gasteiger partial charge is 0.306 e. The number of carbonyl (C=O) groups is 1. The van der Waals surface area contributed by atoms with Crippen LogP contribution in [-0.4, -0.2) is 12.6 Å². The van der Waals surface area contributed by atoms with Gasteiger partial charge in [0, 0.05) is 6.42 Å². The Bertz CT molecular complexity index is 170. The predicted octanol–water partition coefficient (Wildman–Crippen LogP) is 4.72. The van der Waals surface area contributed by atoms with Gasteiger partial charge in [-0.3, -0.25) is 4.79 Å². The van der Waals surface area contributed by atoms with Gasteiger partial charge in [-0.2, -0.15) is 0 Å². The first kappa shape index (κ1) is 16.5. The highest BCUT2D eigenvalue weighted by Gasteiger charge is 2.13. The molecule has 0 aliphatic heterocycles. The average Bonchev–Trinajstić information content (AvgIpc) is 2.33. The van der Waals surface area contributed by atoms with Gasteiger partial charge in [-0.05, 0) is 25.2 Å². The highest BCUT2D eigenvalue weighted by molar-refractivity contribution is 5.69. The van der Waals surface area contributed by atoms with E-state index in [2.05, 4.69) is 20.8 Å². The molecular weight excluding hydrogens is 212 g/mol. The second kappa shape index (κ2) is 11.9. The quantitative estimate of drug-likeness (QED) is 0.387. The zero-order chi connectivity index (χ0) is 12.9. The van der Waals surface area contributed by atoms with Crippen molar-refractivity contribution in [2.45, 2.75) is 78.6 Å². The van der Waals surface area contributed by atoms with Crippen molar-refractivity contribution >= 4 is 5.97 Å². The Morgan fingerprint density at radius 3 is 1.94 bits per heavy atom. The molecule has 0 amide bonds. The molecule has 0 aliphatic rings. The SMILES string of the molecule is CCCCOC(=O)CC(CCCC)CCCC. The van der Waals surface area contributed by atoms with Crippen molar-refractivity contribution in [1.29, 1.82) is 0 Å². The van der Waals surface area contributed by atoms with Crippen molar-refractivity contribution < 1.29 is 9.53 Å². The molecule has 0 fully saturated rings. The summed E-state index contributed by atoms with van der Waals surface area (Å²) in [4.78, 5) is 11.6. The van der Waals surface area contributed by atoms with Crippen molar-refractivity contribution in [3.05, 3.63) is 0 Å². The van der Waals surface area contributed by atoms with Crippen LogP contribution >= 0.6 is 0 Å². The molecule has 0 saturated heterocycles. The third kappa shape index (κ3) is 10.3. The van der Waals surface area contributed by atoms with Gasteiger partial charge in [0.05, 0.1) is 6.61 Å². The maximum absolute atomic E-state index is 11.6. The highest BCUT2D eigenvalue weighted by atomic mass is 16.5. The normalized spacial score (nSPS) is 10.8. The number of esters is 1. The molecule has 0 radical (unpaired) electrons. The van der Waals surface area contributed by atoms with Crippen molar-refractivity contribution in [1.82, 2.24) is 0 Å². The maximum atomic E-state index is 11.6. The Hall–Kier alpha value is -0.530. The number of hydrogen-bond acceptors (Lipinski definition) is 2. The lowest BCUT2D eigenvalue weighted by Gasteiger charge is -2.15. The van der Waals surface area contributed by atoms with E-state index < -0.39 is 0 Å². The largest absolute Gasteiger partial charge is 0.466 e. The zero-order valence-electron chi connectivity index (χ0n) is 12.0. The van der Waals surface area contributed by atoms with Gasteiger partial charge < -0.3 is 4.74 Å². The van der Waals surface area contributed by atoms with Crippen LogP contribution in [0.4, 0.5) is 0 Å². The third-order valence-electron chi connectivity index (χ3n) is 3.15. The van der Waals surface area contributed by atoms with E-state index in [1.165, 1.54) is 38.5 Å². The number of unbranched alkanes of at least 4 members (excludes halogenated alkanes) is 3. The van der Waals surface area contributed by atoms with Crippen molar-refractivity contribution in [3.63, 3.8) is 0 Å². The molecule has 0 unspecified atom stereocenters. The molecule has 0 heterocycles. The van der Waals surface area contributed by atoms with Gasteiger partial charge in [0.25, 0.3) is 0 Å². The van der Waals surface area contributed by atoms with Gasteiger partial charge in [-0.15, -0.1) is 0 Å². The number of rotatable bonds is 11. The van der Waals surface area contributed by atoms with Crippen molar-refractivity contribution in [3.8, 4) is 0 Å². The topological polar surface area (TPSA) is 26.3 Å². The molecule has 0 bridgehead atoms. The molecule has 17 heavy (non-hydrogen) atoms. The summed E-state index contributed by atoms with van der Waals surface area (Å²) in [5.41, 5.74) is 0. The van der Waals surface area contributed by atoms with Crippen LogP contribution < -0.4 is 0 Å². The summed E-state index contributed by atoms with van der Waals surface area (Å²) in [5, 5.41) is 0. The summed E-state index contributed by atoms with van der Waals surface area (Å²) in [7, 11) is 0. The van der Waals surface area contributed by atoms with Gasteiger partial charge in [0.2, 0.25) is 0 Å². The first-order valence-corrected chi connectivity index (χ1v) is 7.40. The Kier molecular flexibility index (Phi) is 11.6. The molecule has 0 aromatic rings. The van der Waals surface area contributed by atoms with E-state index in [9.17, 15) is 4.79 Å².